The Labute approximate surface area is 118 Å². The molecule has 20 heavy (non-hydrogen) atoms. The number of hydrogen-bond donors (Lipinski definition) is 1. The summed E-state index contributed by atoms with van der Waals surface area (Å²) in [7, 11) is 1.85. The van der Waals surface area contributed by atoms with Crippen LogP contribution in [0.25, 0.3) is 11.5 Å². The van der Waals surface area contributed by atoms with Crippen molar-refractivity contribution in [2.45, 2.75) is 32.8 Å². The Bertz CT molecular complexity index is 520. The van der Waals surface area contributed by atoms with Crippen LogP contribution in [-0.2, 0) is 11.8 Å². The van der Waals surface area contributed by atoms with Crippen LogP contribution in [0.3, 0.4) is 0 Å². The summed E-state index contributed by atoms with van der Waals surface area (Å²) >= 11 is 0. The highest BCUT2D eigenvalue weighted by Crippen LogP contribution is 2.18. The molecule has 7 nitrogen and oxygen atoms in total. The molecule has 0 fully saturated rings. The first-order valence-corrected chi connectivity index (χ1v) is 6.83. The van der Waals surface area contributed by atoms with Crippen LogP contribution in [0.15, 0.2) is 16.8 Å². The normalized spacial score (nSPS) is 11.2. The van der Waals surface area contributed by atoms with E-state index >= 15 is 0 Å². The smallest absolute Gasteiger partial charge is 0.315 e. The van der Waals surface area contributed by atoms with Gasteiger partial charge in [0.15, 0.2) is 0 Å². The van der Waals surface area contributed by atoms with Crippen molar-refractivity contribution in [3.05, 3.63) is 12.4 Å². The van der Waals surface area contributed by atoms with Crippen molar-refractivity contribution in [2.75, 3.05) is 18.5 Å². The van der Waals surface area contributed by atoms with Crippen LogP contribution >= 0.6 is 0 Å². The summed E-state index contributed by atoms with van der Waals surface area (Å²) in [6.45, 7) is 5.65. The standard InChI is InChI=1S/C13H21N5O2/c1-10(2)19-7-5-4-6-14-13-17-16-12(20-13)11-8-15-18(3)9-11/h8-10H,4-7H2,1-3H3,(H,14,17). The van der Waals surface area contributed by atoms with E-state index in [1.54, 1.807) is 10.9 Å². The minimum Gasteiger partial charge on any atom is -0.403 e. The van der Waals surface area contributed by atoms with Gasteiger partial charge in [-0.1, -0.05) is 5.10 Å². The molecule has 0 saturated heterocycles. The Morgan fingerprint density at radius 3 is 2.90 bits per heavy atom. The number of ether oxygens (including phenoxy) is 1. The Balaban J connectivity index is 1.71. The lowest BCUT2D eigenvalue weighted by molar-refractivity contribution is 0.0765. The van der Waals surface area contributed by atoms with Gasteiger partial charge in [0.25, 0.3) is 5.89 Å². The highest BCUT2D eigenvalue weighted by atomic mass is 16.5. The molecule has 0 amide bonds. The lowest BCUT2D eigenvalue weighted by Gasteiger charge is -2.06. The molecule has 7 heteroatoms. The van der Waals surface area contributed by atoms with E-state index in [9.17, 15) is 0 Å². The van der Waals surface area contributed by atoms with Crippen LogP contribution < -0.4 is 5.32 Å². The van der Waals surface area contributed by atoms with Crippen molar-refractivity contribution in [3.63, 3.8) is 0 Å². The summed E-state index contributed by atoms with van der Waals surface area (Å²) in [5.41, 5.74) is 0.818. The summed E-state index contributed by atoms with van der Waals surface area (Å²) in [5, 5.41) is 15.1. The molecular weight excluding hydrogens is 258 g/mol. The summed E-state index contributed by atoms with van der Waals surface area (Å²) in [5.74, 6) is 0.476. The molecule has 0 atom stereocenters. The van der Waals surface area contributed by atoms with E-state index in [1.165, 1.54) is 0 Å². The van der Waals surface area contributed by atoms with Crippen LogP contribution in [0, 0.1) is 0 Å². The van der Waals surface area contributed by atoms with E-state index in [0.29, 0.717) is 18.0 Å². The number of hydrogen-bond acceptors (Lipinski definition) is 6. The molecule has 0 saturated carbocycles. The number of aryl methyl sites for hydroxylation is 1. The van der Waals surface area contributed by atoms with Crippen LogP contribution in [0.5, 0.6) is 0 Å². The third kappa shape index (κ3) is 4.34. The van der Waals surface area contributed by atoms with E-state index in [1.807, 2.05) is 27.1 Å². The lowest BCUT2D eigenvalue weighted by atomic mass is 10.3. The van der Waals surface area contributed by atoms with Gasteiger partial charge in [0.2, 0.25) is 0 Å². The number of unbranched alkanes of at least 4 members (excludes halogenated alkanes) is 1. The summed E-state index contributed by atoms with van der Waals surface area (Å²) in [6.07, 6.45) is 5.83. The molecule has 2 aromatic heterocycles. The summed E-state index contributed by atoms with van der Waals surface area (Å²) in [4.78, 5) is 0. The first-order valence-electron chi connectivity index (χ1n) is 6.83. The van der Waals surface area contributed by atoms with E-state index in [0.717, 1.165) is 31.6 Å². The number of nitrogens with zero attached hydrogens (tertiary/aromatic N) is 4. The second-order valence-electron chi connectivity index (χ2n) is 4.87. The average molecular weight is 279 g/mol. The topological polar surface area (TPSA) is 78.0 Å². The van der Waals surface area contributed by atoms with Crippen LogP contribution in [0.4, 0.5) is 6.01 Å². The third-order valence-electron chi connectivity index (χ3n) is 2.68. The predicted octanol–water partition coefficient (Wildman–Crippen LogP) is 2.09. The molecule has 0 aliphatic carbocycles. The number of rotatable bonds is 8. The van der Waals surface area contributed by atoms with Crippen molar-refractivity contribution in [2.24, 2.45) is 7.05 Å². The van der Waals surface area contributed by atoms with Crippen molar-refractivity contribution in [1.82, 2.24) is 20.0 Å². The van der Waals surface area contributed by atoms with Crippen LogP contribution in [0.1, 0.15) is 26.7 Å². The van der Waals surface area contributed by atoms with E-state index in [2.05, 4.69) is 20.6 Å². The Morgan fingerprint density at radius 1 is 1.35 bits per heavy atom. The van der Waals surface area contributed by atoms with Crippen LogP contribution in [-0.4, -0.2) is 39.2 Å². The Kier molecular flexibility index (Phi) is 5.11. The van der Waals surface area contributed by atoms with Gasteiger partial charge < -0.3 is 14.5 Å². The number of nitrogens with one attached hydrogen (secondary N) is 1. The van der Waals surface area contributed by atoms with Gasteiger partial charge in [-0.25, -0.2) is 0 Å². The van der Waals surface area contributed by atoms with Gasteiger partial charge in [0, 0.05) is 26.4 Å². The maximum atomic E-state index is 5.51. The maximum Gasteiger partial charge on any atom is 0.315 e. The number of aromatic nitrogens is 4. The first kappa shape index (κ1) is 14.5. The maximum absolute atomic E-state index is 5.51. The van der Waals surface area contributed by atoms with Crippen molar-refractivity contribution >= 4 is 6.01 Å². The first-order chi connectivity index (χ1) is 9.65. The minimum absolute atomic E-state index is 0.293. The van der Waals surface area contributed by atoms with Gasteiger partial charge in [0.1, 0.15) is 0 Å². The average Bonchev–Trinajstić information content (AvgIpc) is 3.02. The molecule has 2 heterocycles. The molecule has 0 aliphatic rings. The molecule has 2 rings (SSSR count). The second kappa shape index (κ2) is 7.04. The fraction of sp³-hybridized carbons (Fsp3) is 0.615. The van der Waals surface area contributed by atoms with Crippen molar-refractivity contribution in [1.29, 1.82) is 0 Å². The molecule has 0 spiro atoms. The monoisotopic (exact) mass is 279 g/mol. The number of anilines is 1. The van der Waals surface area contributed by atoms with Gasteiger partial charge >= 0.3 is 6.01 Å². The fourth-order valence-corrected chi connectivity index (χ4v) is 1.68. The van der Waals surface area contributed by atoms with Crippen molar-refractivity contribution in [3.8, 4) is 11.5 Å². The van der Waals surface area contributed by atoms with Gasteiger partial charge in [0.05, 0.1) is 17.9 Å². The van der Waals surface area contributed by atoms with Crippen molar-refractivity contribution < 1.29 is 9.15 Å². The highest BCUT2D eigenvalue weighted by Gasteiger charge is 2.09. The predicted molar refractivity (Wildman–Crippen MR) is 75.3 cm³/mol. The highest BCUT2D eigenvalue weighted by molar-refractivity contribution is 5.50. The molecule has 2 aromatic rings. The molecular formula is C13H21N5O2. The zero-order valence-electron chi connectivity index (χ0n) is 12.2. The van der Waals surface area contributed by atoms with E-state index in [4.69, 9.17) is 9.15 Å². The molecule has 110 valence electrons. The fourth-order valence-electron chi connectivity index (χ4n) is 1.68. The van der Waals surface area contributed by atoms with Crippen LogP contribution in [0.2, 0.25) is 0 Å². The molecule has 1 N–H and O–H groups in total. The molecule has 0 bridgehead atoms. The Morgan fingerprint density at radius 2 is 2.20 bits per heavy atom. The van der Waals surface area contributed by atoms with Gasteiger partial charge in [-0.05, 0) is 26.7 Å². The molecule has 0 aromatic carbocycles. The zero-order valence-corrected chi connectivity index (χ0v) is 12.2. The molecule has 0 aliphatic heterocycles. The quantitative estimate of drug-likeness (QED) is 0.745. The largest absolute Gasteiger partial charge is 0.403 e. The second-order valence-corrected chi connectivity index (χ2v) is 4.87. The van der Waals surface area contributed by atoms with Gasteiger partial charge in [-0.2, -0.15) is 5.10 Å². The van der Waals surface area contributed by atoms with Gasteiger partial charge in [-0.15, -0.1) is 5.10 Å². The Hall–Kier alpha value is -1.89. The summed E-state index contributed by atoms with van der Waals surface area (Å²) in [6, 6.07) is 0.439. The zero-order chi connectivity index (χ0) is 14.4. The van der Waals surface area contributed by atoms with E-state index in [-0.39, 0.29) is 0 Å². The minimum atomic E-state index is 0.293. The van der Waals surface area contributed by atoms with E-state index < -0.39 is 0 Å². The SMILES string of the molecule is CC(C)OCCCCNc1nnc(-c2cnn(C)c2)o1. The van der Waals surface area contributed by atoms with Gasteiger partial charge in [-0.3, -0.25) is 4.68 Å². The third-order valence-corrected chi connectivity index (χ3v) is 2.68. The summed E-state index contributed by atoms with van der Waals surface area (Å²) < 4.78 is 12.7. The molecule has 0 unspecified atom stereocenters. The molecule has 0 radical (unpaired) electrons. The lowest BCUT2D eigenvalue weighted by Crippen LogP contribution is -2.07.